The summed E-state index contributed by atoms with van der Waals surface area (Å²) in [5.41, 5.74) is 1.09. The average molecular weight is 286 g/mol. The summed E-state index contributed by atoms with van der Waals surface area (Å²) in [6.45, 7) is 7.53. The van der Waals surface area contributed by atoms with Crippen LogP contribution in [-0.4, -0.2) is 38.8 Å². The zero-order valence-corrected chi connectivity index (χ0v) is 13.0. The van der Waals surface area contributed by atoms with Crippen LogP contribution in [0.4, 0.5) is 5.82 Å². The molecule has 0 spiro atoms. The van der Waals surface area contributed by atoms with Gasteiger partial charge in [0.05, 0.1) is 11.6 Å². The van der Waals surface area contributed by atoms with E-state index in [1.165, 1.54) is 0 Å². The Morgan fingerprint density at radius 2 is 2.21 bits per heavy atom. The van der Waals surface area contributed by atoms with Gasteiger partial charge in [0.25, 0.3) is 0 Å². The zero-order valence-electron chi connectivity index (χ0n) is 12.2. The molecule has 0 atom stereocenters. The van der Waals surface area contributed by atoms with Crippen LogP contribution in [0.2, 0.25) is 5.02 Å². The maximum Gasteiger partial charge on any atom is 0.147 e. The molecule has 1 N–H and O–H groups in total. The van der Waals surface area contributed by atoms with Crippen molar-refractivity contribution in [2.75, 3.05) is 38.8 Å². The van der Waals surface area contributed by atoms with E-state index in [0.717, 1.165) is 31.0 Å². The van der Waals surface area contributed by atoms with E-state index in [2.05, 4.69) is 29.0 Å². The first-order valence-electron chi connectivity index (χ1n) is 6.61. The van der Waals surface area contributed by atoms with Crippen LogP contribution in [0.3, 0.4) is 0 Å². The van der Waals surface area contributed by atoms with Gasteiger partial charge in [0.1, 0.15) is 5.82 Å². The lowest BCUT2D eigenvalue weighted by Crippen LogP contribution is -2.32. The van der Waals surface area contributed by atoms with E-state index < -0.39 is 0 Å². The number of methoxy groups -OCH3 is 1. The number of rotatable bonds is 8. The minimum absolute atomic E-state index is 0.548. The van der Waals surface area contributed by atoms with Crippen LogP contribution in [0.1, 0.15) is 19.4 Å². The van der Waals surface area contributed by atoms with Crippen molar-refractivity contribution in [3.8, 4) is 0 Å². The first-order valence-corrected chi connectivity index (χ1v) is 6.99. The first kappa shape index (κ1) is 16.2. The Hall–Kier alpha value is -0.840. The number of nitrogens with one attached hydrogen (secondary N) is 1. The van der Waals surface area contributed by atoms with Gasteiger partial charge >= 0.3 is 0 Å². The van der Waals surface area contributed by atoms with Gasteiger partial charge in [-0.1, -0.05) is 25.4 Å². The third-order valence-corrected chi connectivity index (χ3v) is 2.99. The molecule has 0 aliphatic heterocycles. The van der Waals surface area contributed by atoms with Crippen LogP contribution in [0, 0.1) is 5.92 Å². The Morgan fingerprint density at radius 1 is 1.47 bits per heavy atom. The number of aromatic nitrogens is 1. The summed E-state index contributed by atoms with van der Waals surface area (Å²) < 4.78 is 5.16. The SMILES string of the molecule is CNCc1cnc(N(CCOC)CC(C)C)c(Cl)c1. The Balaban J connectivity index is 2.87. The van der Waals surface area contributed by atoms with E-state index in [1.54, 1.807) is 7.11 Å². The van der Waals surface area contributed by atoms with Crippen molar-refractivity contribution in [1.82, 2.24) is 10.3 Å². The van der Waals surface area contributed by atoms with Crippen LogP contribution >= 0.6 is 11.6 Å². The first-order chi connectivity index (χ1) is 9.08. The fourth-order valence-electron chi connectivity index (χ4n) is 1.93. The monoisotopic (exact) mass is 285 g/mol. The molecule has 1 rings (SSSR count). The highest BCUT2D eigenvalue weighted by molar-refractivity contribution is 6.33. The summed E-state index contributed by atoms with van der Waals surface area (Å²) >= 11 is 6.35. The van der Waals surface area contributed by atoms with Crippen molar-refractivity contribution in [2.24, 2.45) is 5.92 Å². The molecule has 0 aliphatic rings. The van der Waals surface area contributed by atoms with Gasteiger partial charge in [0, 0.05) is 32.9 Å². The highest BCUT2D eigenvalue weighted by Crippen LogP contribution is 2.24. The van der Waals surface area contributed by atoms with Crippen LogP contribution < -0.4 is 10.2 Å². The summed E-state index contributed by atoms with van der Waals surface area (Å²) in [7, 11) is 3.62. The third kappa shape index (κ3) is 5.35. The van der Waals surface area contributed by atoms with Crippen molar-refractivity contribution in [1.29, 1.82) is 0 Å². The lowest BCUT2D eigenvalue weighted by molar-refractivity contribution is 0.204. The topological polar surface area (TPSA) is 37.4 Å². The Bertz CT molecular complexity index is 385. The zero-order chi connectivity index (χ0) is 14.3. The minimum atomic E-state index is 0.548. The van der Waals surface area contributed by atoms with Crippen LogP contribution in [0.5, 0.6) is 0 Å². The van der Waals surface area contributed by atoms with E-state index in [9.17, 15) is 0 Å². The molecule has 0 aliphatic carbocycles. The van der Waals surface area contributed by atoms with Gasteiger partial charge in [-0.3, -0.25) is 0 Å². The van der Waals surface area contributed by atoms with E-state index in [0.29, 0.717) is 17.5 Å². The number of nitrogens with zero attached hydrogens (tertiary/aromatic N) is 2. The van der Waals surface area contributed by atoms with Gasteiger partial charge in [-0.05, 0) is 24.6 Å². The smallest absolute Gasteiger partial charge is 0.147 e. The second kappa shape index (κ2) is 8.35. The Morgan fingerprint density at radius 3 is 2.74 bits per heavy atom. The second-order valence-corrected chi connectivity index (χ2v) is 5.42. The molecule has 0 radical (unpaired) electrons. The summed E-state index contributed by atoms with van der Waals surface area (Å²) in [5, 5.41) is 3.79. The fraction of sp³-hybridized carbons (Fsp3) is 0.643. The summed E-state index contributed by atoms with van der Waals surface area (Å²) in [5.74, 6) is 1.39. The van der Waals surface area contributed by atoms with Gasteiger partial charge in [-0.15, -0.1) is 0 Å². The largest absolute Gasteiger partial charge is 0.383 e. The number of pyridine rings is 1. The molecule has 1 heterocycles. The maximum atomic E-state index is 6.35. The number of halogens is 1. The maximum absolute atomic E-state index is 6.35. The van der Waals surface area contributed by atoms with Crippen molar-refractivity contribution in [3.63, 3.8) is 0 Å². The summed E-state index contributed by atoms with van der Waals surface area (Å²) in [6, 6.07) is 1.97. The van der Waals surface area contributed by atoms with E-state index in [1.807, 2.05) is 19.3 Å². The van der Waals surface area contributed by atoms with E-state index in [4.69, 9.17) is 16.3 Å². The Kier molecular flexibility index (Phi) is 7.13. The van der Waals surface area contributed by atoms with E-state index >= 15 is 0 Å². The molecule has 0 saturated heterocycles. The standard InChI is InChI=1S/C14H24ClN3O/c1-11(2)10-18(5-6-19-4)14-13(15)7-12(8-16-3)9-17-14/h7,9,11,16H,5-6,8,10H2,1-4H3. The lowest BCUT2D eigenvalue weighted by Gasteiger charge is -2.26. The quantitative estimate of drug-likeness (QED) is 0.797. The number of hydrogen-bond donors (Lipinski definition) is 1. The van der Waals surface area contributed by atoms with Gasteiger partial charge in [-0.25, -0.2) is 4.98 Å². The van der Waals surface area contributed by atoms with Gasteiger partial charge in [0.2, 0.25) is 0 Å². The highest BCUT2D eigenvalue weighted by Gasteiger charge is 2.13. The lowest BCUT2D eigenvalue weighted by atomic mass is 10.2. The molecular weight excluding hydrogens is 262 g/mol. The molecule has 0 aromatic carbocycles. The number of hydrogen-bond acceptors (Lipinski definition) is 4. The molecule has 0 saturated carbocycles. The molecule has 19 heavy (non-hydrogen) atoms. The molecule has 0 unspecified atom stereocenters. The molecule has 1 aromatic rings. The van der Waals surface area contributed by atoms with Crippen LogP contribution in [-0.2, 0) is 11.3 Å². The number of anilines is 1. The molecule has 0 bridgehead atoms. The molecule has 4 nitrogen and oxygen atoms in total. The van der Waals surface area contributed by atoms with E-state index in [-0.39, 0.29) is 0 Å². The van der Waals surface area contributed by atoms with Crippen molar-refractivity contribution in [2.45, 2.75) is 20.4 Å². The van der Waals surface area contributed by atoms with Crippen LogP contribution in [0.15, 0.2) is 12.3 Å². The van der Waals surface area contributed by atoms with Crippen LogP contribution in [0.25, 0.3) is 0 Å². The molecule has 108 valence electrons. The predicted octanol–water partition coefficient (Wildman–Crippen LogP) is 2.56. The fourth-order valence-corrected chi connectivity index (χ4v) is 2.24. The summed E-state index contributed by atoms with van der Waals surface area (Å²) in [6.07, 6.45) is 1.87. The number of ether oxygens (including phenoxy) is 1. The van der Waals surface area contributed by atoms with Crippen molar-refractivity contribution < 1.29 is 4.74 Å². The Labute approximate surface area is 121 Å². The van der Waals surface area contributed by atoms with Crippen molar-refractivity contribution in [3.05, 3.63) is 22.8 Å². The molecular formula is C14H24ClN3O. The average Bonchev–Trinajstić information content (AvgIpc) is 2.35. The molecule has 0 fully saturated rings. The third-order valence-electron chi connectivity index (χ3n) is 2.71. The minimum Gasteiger partial charge on any atom is -0.383 e. The normalized spacial score (nSPS) is 11.1. The van der Waals surface area contributed by atoms with Gasteiger partial charge in [0.15, 0.2) is 0 Å². The second-order valence-electron chi connectivity index (χ2n) is 5.01. The summed E-state index contributed by atoms with van der Waals surface area (Å²) in [4.78, 5) is 6.68. The highest BCUT2D eigenvalue weighted by atomic mass is 35.5. The van der Waals surface area contributed by atoms with Crippen molar-refractivity contribution >= 4 is 17.4 Å². The van der Waals surface area contributed by atoms with Gasteiger partial charge in [-0.2, -0.15) is 0 Å². The molecule has 1 aromatic heterocycles. The predicted molar refractivity (Wildman–Crippen MR) is 80.9 cm³/mol. The molecule has 5 heteroatoms. The molecule has 0 amide bonds. The van der Waals surface area contributed by atoms with Gasteiger partial charge < -0.3 is 15.0 Å².